The molecule has 3 nitrogen and oxygen atoms in total. The van der Waals surface area contributed by atoms with Crippen LogP contribution in [0.2, 0.25) is 0 Å². The molecule has 1 amide bonds. The zero-order valence-electron chi connectivity index (χ0n) is 9.90. The third kappa shape index (κ3) is 1.81. The third-order valence-electron chi connectivity index (χ3n) is 2.84. The summed E-state index contributed by atoms with van der Waals surface area (Å²) in [4.78, 5) is 13.3. The highest BCUT2D eigenvalue weighted by Crippen LogP contribution is 2.19. The number of carbonyl (C=O) groups excluding carboxylic acids is 1. The van der Waals surface area contributed by atoms with E-state index in [2.05, 4.69) is 19.1 Å². The fraction of sp³-hybridized carbons (Fsp3) is 0.308. The fourth-order valence-electron chi connectivity index (χ4n) is 1.80. The maximum atomic E-state index is 11.6. The van der Waals surface area contributed by atoms with E-state index in [-0.39, 0.29) is 5.91 Å². The molecule has 0 saturated carbocycles. The first-order valence-electron chi connectivity index (χ1n) is 5.34. The number of amides is 1. The van der Waals surface area contributed by atoms with Gasteiger partial charge in [-0.2, -0.15) is 0 Å². The Labute approximate surface area is 95.3 Å². The Morgan fingerprint density at radius 1 is 1.31 bits per heavy atom. The largest absolute Gasteiger partial charge is 0.347 e. The van der Waals surface area contributed by atoms with E-state index in [9.17, 15) is 4.79 Å². The summed E-state index contributed by atoms with van der Waals surface area (Å²) in [5.41, 5.74) is 2.36. The van der Waals surface area contributed by atoms with Gasteiger partial charge in [-0.05, 0) is 24.6 Å². The molecule has 0 atom stereocenters. The number of hydrogen-bond donors (Lipinski definition) is 0. The molecule has 16 heavy (non-hydrogen) atoms. The molecule has 0 unspecified atom stereocenters. The van der Waals surface area contributed by atoms with Crippen LogP contribution in [0.1, 0.15) is 5.56 Å². The zero-order valence-corrected chi connectivity index (χ0v) is 9.90. The predicted octanol–water partition coefficient (Wildman–Crippen LogP) is 2.04. The summed E-state index contributed by atoms with van der Waals surface area (Å²) in [5.74, 6) is 0.110. The summed E-state index contributed by atoms with van der Waals surface area (Å²) >= 11 is 0. The Kier molecular flexibility index (Phi) is 2.69. The van der Waals surface area contributed by atoms with Crippen LogP contribution in [0.3, 0.4) is 0 Å². The predicted molar refractivity (Wildman–Crippen MR) is 65.4 cm³/mol. The number of nitrogens with zero attached hydrogens (tertiary/aromatic N) is 2. The molecule has 1 heterocycles. The first-order valence-corrected chi connectivity index (χ1v) is 5.34. The maximum absolute atomic E-state index is 11.6. The van der Waals surface area contributed by atoms with Gasteiger partial charge in [0, 0.05) is 31.2 Å². The summed E-state index contributed by atoms with van der Waals surface area (Å²) in [5, 5.41) is 1.22. The molecule has 0 aliphatic carbocycles. The highest BCUT2D eigenvalue weighted by molar-refractivity contribution is 5.85. The van der Waals surface area contributed by atoms with Crippen LogP contribution in [0, 0.1) is 6.92 Å². The highest BCUT2D eigenvalue weighted by atomic mass is 16.2. The topological polar surface area (TPSA) is 25.2 Å². The van der Waals surface area contributed by atoms with Crippen molar-refractivity contribution in [1.82, 2.24) is 9.47 Å². The van der Waals surface area contributed by atoms with E-state index in [0.717, 1.165) is 5.52 Å². The monoisotopic (exact) mass is 216 g/mol. The van der Waals surface area contributed by atoms with Crippen molar-refractivity contribution >= 4 is 16.8 Å². The van der Waals surface area contributed by atoms with Crippen molar-refractivity contribution in [1.29, 1.82) is 0 Å². The van der Waals surface area contributed by atoms with Crippen LogP contribution in [0.4, 0.5) is 0 Å². The lowest BCUT2D eigenvalue weighted by Crippen LogP contribution is -2.25. The number of carbonyl (C=O) groups is 1. The van der Waals surface area contributed by atoms with E-state index in [1.807, 2.05) is 22.9 Å². The summed E-state index contributed by atoms with van der Waals surface area (Å²) in [6.07, 6.45) is 1.97. The summed E-state index contributed by atoms with van der Waals surface area (Å²) in [7, 11) is 3.55. The molecule has 0 saturated heterocycles. The Morgan fingerprint density at radius 2 is 2.06 bits per heavy atom. The molecule has 1 aromatic carbocycles. The van der Waals surface area contributed by atoms with E-state index in [0.29, 0.717) is 6.54 Å². The molecular formula is C13H16N2O. The number of fused-ring (bicyclic) bond motifs is 1. The van der Waals surface area contributed by atoms with Gasteiger partial charge >= 0.3 is 0 Å². The number of aromatic nitrogens is 1. The molecule has 84 valence electrons. The second-order valence-electron chi connectivity index (χ2n) is 4.24. The van der Waals surface area contributed by atoms with Gasteiger partial charge < -0.3 is 9.47 Å². The van der Waals surface area contributed by atoms with E-state index in [1.165, 1.54) is 10.9 Å². The van der Waals surface area contributed by atoms with Gasteiger partial charge in [-0.3, -0.25) is 4.79 Å². The lowest BCUT2D eigenvalue weighted by molar-refractivity contribution is -0.129. The van der Waals surface area contributed by atoms with E-state index in [1.54, 1.807) is 19.0 Å². The second-order valence-corrected chi connectivity index (χ2v) is 4.24. The van der Waals surface area contributed by atoms with Gasteiger partial charge in [0.2, 0.25) is 5.91 Å². The van der Waals surface area contributed by atoms with E-state index >= 15 is 0 Å². The maximum Gasteiger partial charge on any atom is 0.241 e. The first kappa shape index (κ1) is 10.7. The van der Waals surface area contributed by atoms with Gasteiger partial charge in [-0.15, -0.1) is 0 Å². The number of likely N-dealkylation sites (N-methyl/N-ethyl adjacent to an activating group) is 1. The minimum Gasteiger partial charge on any atom is -0.347 e. The Morgan fingerprint density at radius 3 is 2.75 bits per heavy atom. The normalized spacial score (nSPS) is 10.7. The minimum absolute atomic E-state index is 0.110. The summed E-state index contributed by atoms with van der Waals surface area (Å²) < 4.78 is 1.99. The smallest absolute Gasteiger partial charge is 0.241 e. The lowest BCUT2D eigenvalue weighted by atomic mass is 10.1. The number of rotatable bonds is 2. The second kappa shape index (κ2) is 4.00. The first-order chi connectivity index (χ1) is 7.59. The number of hydrogen-bond acceptors (Lipinski definition) is 1. The van der Waals surface area contributed by atoms with Crippen LogP contribution in [0.25, 0.3) is 10.9 Å². The van der Waals surface area contributed by atoms with Gasteiger partial charge in [0.1, 0.15) is 6.54 Å². The summed E-state index contributed by atoms with van der Waals surface area (Å²) in [6.45, 7) is 2.49. The van der Waals surface area contributed by atoms with Crippen molar-refractivity contribution in [2.75, 3.05) is 14.1 Å². The van der Waals surface area contributed by atoms with Crippen LogP contribution >= 0.6 is 0 Å². The van der Waals surface area contributed by atoms with Crippen molar-refractivity contribution in [3.8, 4) is 0 Å². The standard InChI is InChI=1S/C13H16N2O/c1-10-5-4-6-12-11(10)7-8-15(12)9-13(16)14(2)3/h4-8H,9H2,1-3H3. The molecule has 1 aromatic heterocycles. The Hall–Kier alpha value is -1.77. The van der Waals surface area contributed by atoms with Crippen LogP contribution in [0.15, 0.2) is 30.5 Å². The molecule has 2 rings (SSSR count). The van der Waals surface area contributed by atoms with Crippen molar-refractivity contribution < 1.29 is 4.79 Å². The quantitative estimate of drug-likeness (QED) is 0.754. The van der Waals surface area contributed by atoms with Crippen LogP contribution < -0.4 is 0 Å². The third-order valence-corrected chi connectivity index (χ3v) is 2.84. The molecule has 0 N–H and O–H groups in total. The molecule has 2 aromatic rings. The number of benzene rings is 1. The molecule has 0 spiro atoms. The molecule has 0 fully saturated rings. The molecular weight excluding hydrogens is 200 g/mol. The average Bonchev–Trinajstić information content (AvgIpc) is 2.63. The fourth-order valence-corrected chi connectivity index (χ4v) is 1.80. The van der Waals surface area contributed by atoms with Crippen LogP contribution in [-0.2, 0) is 11.3 Å². The van der Waals surface area contributed by atoms with Gasteiger partial charge in [0.15, 0.2) is 0 Å². The Bertz CT molecular complexity index is 526. The highest BCUT2D eigenvalue weighted by Gasteiger charge is 2.08. The van der Waals surface area contributed by atoms with E-state index in [4.69, 9.17) is 0 Å². The molecule has 0 aliphatic heterocycles. The molecule has 0 aliphatic rings. The lowest BCUT2D eigenvalue weighted by Gasteiger charge is -2.11. The molecule has 0 bridgehead atoms. The molecule has 3 heteroatoms. The van der Waals surface area contributed by atoms with Crippen LogP contribution in [0.5, 0.6) is 0 Å². The molecule has 0 radical (unpaired) electrons. The van der Waals surface area contributed by atoms with Gasteiger partial charge in [0.05, 0.1) is 0 Å². The minimum atomic E-state index is 0.110. The van der Waals surface area contributed by atoms with Crippen LogP contribution in [-0.4, -0.2) is 29.5 Å². The van der Waals surface area contributed by atoms with Gasteiger partial charge in [0.25, 0.3) is 0 Å². The zero-order chi connectivity index (χ0) is 11.7. The van der Waals surface area contributed by atoms with Crippen molar-refractivity contribution in [2.24, 2.45) is 0 Å². The van der Waals surface area contributed by atoms with Crippen molar-refractivity contribution in [2.45, 2.75) is 13.5 Å². The van der Waals surface area contributed by atoms with E-state index < -0.39 is 0 Å². The SMILES string of the molecule is Cc1cccc2c1ccn2CC(=O)N(C)C. The van der Waals surface area contributed by atoms with Crippen molar-refractivity contribution in [3.63, 3.8) is 0 Å². The van der Waals surface area contributed by atoms with Crippen molar-refractivity contribution in [3.05, 3.63) is 36.0 Å². The summed E-state index contributed by atoms with van der Waals surface area (Å²) in [6, 6.07) is 8.22. The van der Waals surface area contributed by atoms with Gasteiger partial charge in [-0.25, -0.2) is 0 Å². The average molecular weight is 216 g/mol. The number of aryl methyl sites for hydroxylation is 1. The Balaban J connectivity index is 2.39. The van der Waals surface area contributed by atoms with Gasteiger partial charge in [-0.1, -0.05) is 12.1 Å².